The maximum Gasteiger partial charge on any atom is 0.211 e. The Morgan fingerprint density at radius 1 is 1.28 bits per heavy atom. The highest BCUT2D eigenvalue weighted by Gasteiger charge is 2.29. The van der Waals surface area contributed by atoms with Crippen LogP contribution in [0.3, 0.4) is 0 Å². The van der Waals surface area contributed by atoms with Crippen molar-refractivity contribution in [2.24, 2.45) is 5.92 Å². The predicted octanol–water partition coefficient (Wildman–Crippen LogP) is 1.94. The Bertz CT molecular complexity index is 902. The molecule has 0 radical (unpaired) electrons. The number of aromatic nitrogens is 3. The van der Waals surface area contributed by atoms with Crippen molar-refractivity contribution in [2.45, 2.75) is 53.1 Å². The molecule has 3 rings (SSSR count). The molecule has 0 amide bonds. The number of anilines is 1. The number of hydrogen-bond donors (Lipinski definition) is 1. The molecule has 1 aliphatic heterocycles. The predicted molar refractivity (Wildman–Crippen MR) is 99.7 cm³/mol. The highest BCUT2D eigenvalue weighted by molar-refractivity contribution is 7.88. The van der Waals surface area contributed by atoms with Gasteiger partial charge in [0.1, 0.15) is 11.3 Å². The molecule has 0 aromatic carbocycles. The smallest absolute Gasteiger partial charge is 0.211 e. The number of pyridine rings is 1. The van der Waals surface area contributed by atoms with Crippen molar-refractivity contribution < 1.29 is 8.42 Å². The van der Waals surface area contributed by atoms with Gasteiger partial charge in [-0.2, -0.15) is 4.31 Å². The highest BCUT2D eigenvalue weighted by Crippen LogP contribution is 2.32. The lowest BCUT2D eigenvalue weighted by Crippen LogP contribution is -2.36. The molecule has 1 aliphatic rings. The van der Waals surface area contributed by atoms with Gasteiger partial charge in [-0.3, -0.25) is 0 Å². The van der Waals surface area contributed by atoms with Gasteiger partial charge in [-0.25, -0.2) is 18.4 Å². The number of nitrogens with zero attached hydrogens (tertiary/aromatic N) is 4. The number of nitrogen functional groups attached to an aromatic ring is 1. The zero-order chi connectivity index (χ0) is 18.4. The molecule has 7 nitrogen and oxygen atoms in total. The molecular formula is C17H27N5O2S. The Hall–Kier alpha value is -1.67. The lowest BCUT2D eigenvalue weighted by molar-refractivity contribution is 0.392. The maximum absolute atomic E-state index is 12.0. The van der Waals surface area contributed by atoms with Crippen LogP contribution < -0.4 is 5.73 Å². The van der Waals surface area contributed by atoms with Gasteiger partial charge in [0.15, 0.2) is 5.82 Å². The van der Waals surface area contributed by atoms with Gasteiger partial charge in [0.05, 0.1) is 17.5 Å². The number of hydrogen-bond acceptors (Lipinski definition) is 5. The maximum atomic E-state index is 12.0. The van der Waals surface area contributed by atoms with Crippen LogP contribution in [0, 0.1) is 5.92 Å². The van der Waals surface area contributed by atoms with Crippen molar-refractivity contribution in [2.75, 3.05) is 18.5 Å². The third-order valence-electron chi connectivity index (χ3n) is 4.60. The van der Waals surface area contributed by atoms with E-state index >= 15 is 0 Å². The third kappa shape index (κ3) is 3.37. The van der Waals surface area contributed by atoms with E-state index in [2.05, 4.69) is 30.3 Å². The molecule has 0 saturated carbocycles. The fourth-order valence-electron chi connectivity index (χ4n) is 3.50. The lowest BCUT2D eigenvalue weighted by atomic mass is 10.0. The summed E-state index contributed by atoms with van der Waals surface area (Å²) in [7, 11) is -3.24. The van der Waals surface area contributed by atoms with Gasteiger partial charge in [0.2, 0.25) is 10.0 Å². The number of nitrogens with two attached hydrogens (primary N) is 1. The fourth-order valence-corrected chi connectivity index (χ4v) is 4.29. The van der Waals surface area contributed by atoms with Gasteiger partial charge >= 0.3 is 0 Å². The van der Waals surface area contributed by atoms with Crippen LogP contribution in [-0.2, 0) is 36.0 Å². The van der Waals surface area contributed by atoms with E-state index in [-0.39, 0.29) is 0 Å². The van der Waals surface area contributed by atoms with Crippen molar-refractivity contribution in [3.63, 3.8) is 0 Å². The minimum atomic E-state index is -3.24. The van der Waals surface area contributed by atoms with Crippen molar-refractivity contribution in [1.82, 2.24) is 18.8 Å². The van der Waals surface area contributed by atoms with Crippen LogP contribution in [0.15, 0.2) is 0 Å². The summed E-state index contributed by atoms with van der Waals surface area (Å²) in [6.07, 6.45) is 3.70. The van der Waals surface area contributed by atoms with Crippen LogP contribution >= 0.6 is 0 Å². The number of fused-ring (bicyclic) bond motifs is 3. The second kappa shape index (κ2) is 6.57. The molecule has 3 heterocycles. The molecule has 2 aromatic rings. The summed E-state index contributed by atoms with van der Waals surface area (Å²) >= 11 is 0. The van der Waals surface area contributed by atoms with E-state index in [1.165, 1.54) is 10.6 Å². The molecule has 0 atom stereocenters. The van der Waals surface area contributed by atoms with Gasteiger partial charge in [-0.1, -0.05) is 20.8 Å². The van der Waals surface area contributed by atoms with Gasteiger partial charge in [0, 0.05) is 38.0 Å². The summed E-state index contributed by atoms with van der Waals surface area (Å²) in [6, 6.07) is 0. The van der Waals surface area contributed by atoms with Crippen LogP contribution in [-0.4, -0.2) is 40.1 Å². The minimum Gasteiger partial charge on any atom is -0.382 e. The summed E-state index contributed by atoms with van der Waals surface area (Å²) in [4.78, 5) is 9.29. The molecule has 2 aromatic heterocycles. The second-order valence-electron chi connectivity index (χ2n) is 7.25. The SMILES string of the molecule is CCCc1nc2c(N)nc3c(c2n1CC(C)C)CN(S(C)(=O)=O)CC3. The Morgan fingerprint density at radius 2 is 2.00 bits per heavy atom. The zero-order valence-corrected chi connectivity index (χ0v) is 16.2. The topological polar surface area (TPSA) is 94.1 Å². The fraction of sp³-hybridized carbons (Fsp3) is 0.647. The molecule has 0 fully saturated rings. The van der Waals surface area contributed by atoms with E-state index in [4.69, 9.17) is 10.7 Å². The van der Waals surface area contributed by atoms with Crippen molar-refractivity contribution in [3.05, 3.63) is 17.1 Å². The van der Waals surface area contributed by atoms with Gasteiger partial charge < -0.3 is 10.3 Å². The lowest BCUT2D eigenvalue weighted by Gasteiger charge is -2.27. The summed E-state index contributed by atoms with van der Waals surface area (Å²) in [6.45, 7) is 8.09. The van der Waals surface area contributed by atoms with Crippen molar-refractivity contribution >= 4 is 26.9 Å². The van der Waals surface area contributed by atoms with E-state index in [9.17, 15) is 8.42 Å². The summed E-state index contributed by atoms with van der Waals surface area (Å²) in [5, 5.41) is 0. The zero-order valence-electron chi connectivity index (χ0n) is 15.4. The molecular weight excluding hydrogens is 338 g/mol. The van der Waals surface area contributed by atoms with Crippen molar-refractivity contribution in [1.29, 1.82) is 0 Å². The Labute approximate surface area is 149 Å². The molecule has 0 aliphatic carbocycles. The van der Waals surface area contributed by atoms with E-state index in [1.807, 2.05) is 0 Å². The Balaban J connectivity index is 2.25. The number of rotatable bonds is 5. The number of aryl methyl sites for hydroxylation is 1. The minimum absolute atomic E-state index is 0.341. The summed E-state index contributed by atoms with van der Waals surface area (Å²) in [5.74, 6) is 1.90. The number of imidazole rings is 1. The van der Waals surface area contributed by atoms with Crippen LogP contribution in [0.2, 0.25) is 0 Å². The van der Waals surface area contributed by atoms with Crippen LogP contribution in [0.5, 0.6) is 0 Å². The van der Waals surface area contributed by atoms with Crippen LogP contribution in [0.4, 0.5) is 5.82 Å². The first-order chi connectivity index (χ1) is 11.7. The van der Waals surface area contributed by atoms with Crippen LogP contribution in [0.25, 0.3) is 11.0 Å². The summed E-state index contributed by atoms with van der Waals surface area (Å²) in [5.41, 5.74) is 9.72. The summed E-state index contributed by atoms with van der Waals surface area (Å²) < 4.78 is 27.8. The van der Waals surface area contributed by atoms with Gasteiger partial charge in [-0.05, 0) is 12.3 Å². The third-order valence-corrected chi connectivity index (χ3v) is 5.85. The normalized spacial score (nSPS) is 15.9. The molecule has 0 saturated heterocycles. The first kappa shape index (κ1) is 18.1. The molecule has 0 spiro atoms. The molecule has 0 unspecified atom stereocenters. The average Bonchev–Trinajstić information content (AvgIpc) is 2.85. The second-order valence-corrected chi connectivity index (χ2v) is 9.23. The van der Waals surface area contributed by atoms with Crippen LogP contribution in [0.1, 0.15) is 44.3 Å². The Morgan fingerprint density at radius 3 is 2.60 bits per heavy atom. The molecule has 2 N–H and O–H groups in total. The van der Waals surface area contributed by atoms with E-state index in [1.54, 1.807) is 0 Å². The molecule has 138 valence electrons. The Kier molecular flexibility index (Phi) is 4.76. The largest absolute Gasteiger partial charge is 0.382 e. The van der Waals surface area contributed by atoms with E-state index in [0.29, 0.717) is 36.8 Å². The monoisotopic (exact) mass is 365 g/mol. The first-order valence-electron chi connectivity index (χ1n) is 8.83. The molecule has 0 bridgehead atoms. The highest BCUT2D eigenvalue weighted by atomic mass is 32.2. The number of sulfonamides is 1. The first-order valence-corrected chi connectivity index (χ1v) is 10.7. The molecule has 25 heavy (non-hydrogen) atoms. The standard InChI is InChI=1S/C17H27N5O2S/c1-5-6-14-20-15-16(22(14)9-11(2)3)12-10-21(25(4,23)24)8-7-13(12)19-17(15)18/h11H,5-10H2,1-4H3,(H2,18,19). The molecule has 8 heteroatoms. The quantitative estimate of drug-likeness (QED) is 0.874. The van der Waals surface area contributed by atoms with E-state index in [0.717, 1.165) is 42.0 Å². The van der Waals surface area contributed by atoms with E-state index < -0.39 is 10.0 Å². The van der Waals surface area contributed by atoms with Crippen molar-refractivity contribution in [3.8, 4) is 0 Å². The van der Waals surface area contributed by atoms with Gasteiger partial charge in [-0.15, -0.1) is 0 Å². The average molecular weight is 366 g/mol. The van der Waals surface area contributed by atoms with Gasteiger partial charge in [0.25, 0.3) is 0 Å².